The van der Waals surface area contributed by atoms with Crippen molar-refractivity contribution < 1.29 is 14.7 Å². The molecular formula is C11H15NO3. The van der Waals surface area contributed by atoms with E-state index in [0.717, 1.165) is 6.08 Å². The van der Waals surface area contributed by atoms with E-state index >= 15 is 0 Å². The third kappa shape index (κ3) is 4.81. The number of carboxylic acid groups (broad SMARTS) is 1. The minimum Gasteiger partial charge on any atom is -0.478 e. The summed E-state index contributed by atoms with van der Waals surface area (Å²) in [7, 11) is 0. The maximum Gasteiger partial charge on any atom is 0.328 e. The Bertz CT molecular complexity index is 295. The molecule has 0 aliphatic rings. The Morgan fingerprint density at radius 3 is 2.07 bits per heavy atom. The van der Waals surface area contributed by atoms with Crippen LogP contribution in [0.3, 0.4) is 0 Å². The summed E-state index contributed by atoms with van der Waals surface area (Å²) in [6.45, 7) is 9.25. The lowest BCUT2D eigenvalue weighted by Gasteiger charge is -2.19. The number of aliphatic carboxylic acids is 1. The van der Waals surface area contributed by atoms with Gasteiger partial charge in [0.15, 0.2) is 0 Å². The topological polar surface area (TPSA) is 57.6 Å². The van der Waals surface area contributed by atoms with Crippen LogP contribution in [-0.2, 0) is 9.59 Å². The Hall–Kier alpha value is -1.84. The predicted octanol–water partition coefficient (Wildman–Crippen LogP) is 1.22. The normalized spacial score (nSPS) is 10.6. The Morgan fingerprint density at radius 2 is 1.73 bits per heavy atom. The van der Waals surface area contributed by atoms with Gasteiger partial charge in [-0.1, -0.05) is 12.2 Å². The molecular weight excluding hydrogens is 194 g/mol. The number of hydrogen-bond donors (Lipinski definition) is 1. The van der Waals surface area contributed by atoms with Gasteiger partial charge in [-0.3, -0.25) is 4.79 Å². The number of nitrogens with zero attached hydrogens (tertiary/aromatic N) is 1. The fourth-order valence-electron chi connectivity index (χ4n) is 1.05. The van der Waals surface area contributed by atoms with Gasteiger partial charge >= 0.3 is 5.97 Å². The van der Waals surface area contributed by atoms with E-state index < -0.39 is 5.97 Å². The largest absolute Gasteiger partial charge is 0.478 e. The maximum atomic E-state index is 11.7. The van der Waals surface area contributed by atoms with Crippen molar-refractivity contribution in [3.05, 3.63) is 37.0 Å². The molecule has 4 nitrogen and oxygen atoms in total. The number of carbonyl (C=O) groups excluding carboxylic acids is 1. The zero-order valence-corrected chi connectivity index (χ0v) is 8.77. The summed E-state index contributed by atoms with van der Waals surface area (Å²) in [6, 6.07) is 0. The maximum absolute atomic E-state index is 11.7. The Kier molecular flexibility index (Phi) is 5.78. The van der Waals surface area contributed by atoms with Crippen LogP contribution >= 0.6 is 0 Å². The van der Waals surface area contributed by atoms with E-state index in [4.69, 9.17) is 5.11 Å². The van der Waals surface area contributed by atoms with E-state index in [2.05, 4.69) is 13.2 Å². The average Bonchev–Trinajstić information content (AvgIpc) is 2.15. The molecule has 0 rings (SSSR count). The summed E-state index contributed by atoms with van der Waals surface area (Å²) in [4.78, 5) is 23.5. The van der Waals surface area contributed by atoms with Crippen molar-refractivity contribution in [2.75, 3.05) is 13.1 Å². The van der Waals surface area contributed by atoms with Gasteiger partial charge in [-0.15, -0.1) is 13.2 Å². The minimum absolute atomic E-state index is 0.186. The first kappa shape index (κ1) is 13.2. The molecule has 0 saturated heterocycles. The molecule has 0 aliphatic carbocycles. The van der Waals surface area contributed by atoms with Gasteiger partial charge in [0.25, 0.3) is 0 Å². The van der Waals surface area contributed by atoms with Crippen LogP contribution in [0.1, 0.15) is 6.92 Å². The van der Waals surface area contributed by atoms with Crippen molar-refractivity contribution in [3.63, 3.8) is 0 Å². The lowest BCUT2D eigenvalue weighted by Crippen LogP contribution is -2.32. The second kappa shape index (κ2) is 6.59. The second-order valence-corrected chi connectivity index (χ2v) is 2.95. The predicted molar refractivity (Wildman–Crippen MR) is 58.4 cm³/mol. The van der Waals surface area contributed by atoms with Gasteiger partial charge < -0.3 is 10.0 Å². The first-order valence-corrected chi connectivity index (χ1v) is 4.45. The Balaban J connectivity index is 4.68. The fourth-order valence-corrected chi connectivity index (χ4v) is 1.05. The zero-order valence-electron chi connectivity index (χ0n) is 8.77. The van der Waals surface area contributed by atoms with Gasteiger partial charge in [0.05, 0.1) is 0 Å². The Labute approximate surface area is 89.2 Å². The molecule has 0 radical (unpaired) electrons. The van der Waals surface area contributed by atoms with Crippen LogP contribution in [-0.4, -0.2) is 35.0 Å². The molecule has 0 heterocycles. The highest BCUT2D eigenvalue weighted by atomic mass is 16.4. The van der Waals surface area contributed by atoms with Gasteiger partial charge in [0.2, 0.25) is 5.91 Å². The van der Waals surface area contributed by atoms with Crippen molar-refractivity contribution in [1.29, 1.82) is 0 Å². The molecule has 1 amide bonds. The van der Waals surface area contributed by atoms with Gasteiger partial charge in [0, 0.05) is 24.7 Å². The summed E-state index contributed by atoms with van der Waals surface area (Å²) >= 11 is 0. The van der Waals surface area contributed by atoms with E-state index in [0.29, 0.717) is 13.1 Å². The number of carbonyl (C=O) groups is 2. The van der Waals surface area contributed by atoms with Crippen LogP contribution in [0.4, 0.5) is 0 Å². The Morgan fingerprint density at radius 1 is 1.27 bits per heavy atom. The smallest absolute Gasteiger partial charge is 0.328 e. The molecule has 1 N–H and O–H groups in total. The molecule has 15 heavy (non-hydrogen) atoms. The molecule has 0 fully saturated rings. The van der Waals surface area contributed by atoms with Crippen molar-refractivity contribution in [2.24, 2.45) is 0 Å². The molecule has 0 bridgehead atoms. The first-order chi connectivity index (χ1) is 7.02. The third-order valence-corrected chi connectivity index (χ3v) is 1.66. The van der Waals surface area contributed by atoms with E-state index in [1.807, 2.05) is 0 Å². The average molecular weight is 209 g/mol. The van der Waals surface area contributed by atoms with Crippen LogP contribution in [0, 0.1) is 0 Å². The molecule has 82 valence electrons. The van der Waals surface area contributed by atoms with Crippen LogP contribution < -0.4 is 0 Å². The summed E-state index contributed by atoms with van der Waals surface area (Å²) in [6.07, 6.45) is 4.05. The minimum atomic E-state index is -1.13. The number of hydrogen-bond acceptors (Lipinski definition) is 2. The first-order valence-electron chi connectivity index (χ1n) is 4.45. The fraction of sp³-hybridized carbons (Fsp3) is 0.273. The summed E-state index contributed by atoms with van der Waals surface area (Å²) in [5.41, 5.74) is 0.186. The summed E-state index contributed by atoms with van der Waals surface area (Å²) < 4.78 is 0. The molecule has 0 aromatic heterocycles. The quantitative estimate of drug-likeness (QED) is 0.528. The molecule has 0 atom stereocenters. The van der Waals surface area contributed by atoms with Crippen molar-refractivity contribution in [3.8, 4) is 0 Å². The van der Waals surface area contributed by atoms with E-state index in [1.165, 1.54) is 11.8 Å². The standard InChI is InChI=1S/C11H15NO3/c1-4-6-12(7-5-2)11(15)9(3)8-10(13)14/h4-5,8H,1-2,6-7H2,3H3,(H,13,14)/b9-8-. The molecule has 0 spiro atoms. The van der Waals surface area contributed by atoms with Gasteiger partial charge in [-0.05, 0) is 6.92 Å². The summed E-state index contributed by atoms with van der Waals surface area (Å²) in [5, 5.41) is 8.49. The number of rotatable bonds is 6. The van der Waals surface area contributed by atoms with Gasteiger partial charge in [0.1, 0.15) is 0 Å². The SMILES string of the molecule is C=CCN(CC=C)C(=O)/C(C)=C\C(=O)O. The monoisotopic (exact) mass is 209 g/mol. The van der Waals surface area contributed by atoms with E-state index in [9.17, 15) is 9.59 Å². The molecule has 0 aromatic carbocycles. The molecule has 0 saturated carbocycles. The molecule has 0 aromatic rings. The number of amides is 1. The van der Waals surface area contributed by atoms with E-state index in [-0.39, 0.29) is 11.5 Å². The van der Waals surface area contributed by atoms with Crippen molar-refractivity contribution in [2.45, 2.75) is 6.92 Å². The second-order valence-electron chi connectivity index (χ2n) is 2.95. The lowest BCUT2D eigenvalue weighted by molar-refractivity contribution is -0.132. The molecule has 0 aliphatic heterocycles. The van der Waals surface area contributed by atoms with Crippen LogP contribution in [0.15, 0.2) is 37.0 Å². The zero-order chi connectivity index (χ0) is 11.8. The van der Waals surface area contributed by atoms with Crippen molar-refractivity contribution in [1.82, 2.24) is 4.90 Å². The van der Waals surface area contributed by atoms with Crippen LogP contribution in [0.25, 0.3) is 0 Å². The molecule has 0 unspecified atom stereocenters. The van der Waals surface area contributed by atoms with Gasteiger partial charge in [-0.25, -0.2) is 4.79 Å². The highest BCUT2D eigenvalue weighted by Gasteiger charge is 2.13. The van der Waals surface area contributed by atoms with E-state index in [1.54, 1.807) is 12.2 Å². The van der Waals surface area contributed by atoms with Crippen LogP contribution in [0.5, 0.6) is 0 Å². The molecule has 4 heteroatoms. The number of carboxylic acids is 1. The van der Waals surface area contributed by atoms with Crippen molar-refractivity contribution >= 4 is 11.9 Å². The van der Waals surface area contributed by atoms with Gasteiger partial charge in [-0.2, -0.15) is 0 Å². The lowest BCUT2D eigenvalue weighted by atomic mass is 10.2. The van der Waals surface area contributed by atoms with Crippen LogP contribution in [0.2, 0.25) is 0 Å². The third-order valence-electron chi connectivity index (χ3n) is 1.66. The summed E-state index contributed by atoms with van der Waals surface area (Å²) in [5.74, 6) is -1.45. The highest BCUT2D eigenvalue weighted by molar-refractivity contribution is 5.98. The highest BCUT2D eigenvalue weighted by Crippen LogP contribution is 2.01.